The fraction of sp³-hybridized carbons (Fsp3) is 0.533. The number of piperidine rings is 1. The fourth-order valence-corrected chi connectivity index (χ4v) is 2.82. The molecule has 1 amide bonds. The topological polar surface area (TPSA) is 41.1 Å². The van der Waals surface area contributed by atoms with Crippen LogP contribution in [0.5, 0.6) is 0 Å². The number of amides is 1. The summed E-state index contributed by atoms with van der Waals surface area (Å²) >= 11 is 6.09. The number of hydrogen-bond donors (Lipinski definition) is 2. The zero-order chi connectivity index (χ0) is 13.9. The number of carbonyl (C=O) groups is 1. The standard InChI is InChI=1S/C15H21ClN2O/c1-3-15(7-9-17-10-8-15)14(19)18-13-6-4-5-12(16)11(13)2/h4-6,17H,3,7-10H2,1-2H3,(H,18,19). The van der Waals surface area contributed by atoms with E-state index in [1.165, 1.54) is 0 Å². The van der Waals surface area contributed by atoms with Crippen LogP contribution < -0.4 is 10.6 Å². The maximum absolute atomic E-state index is 12.6. The molecule has 0 bridgehead atoms. The van der Waals surface area contributed by atoms with Crippen molar-refractivity contribution in [1.82, 2.24) is 5.32 Å². The molecular formula is C15H21ClN2O. The molecule has 2 N–H and O–H groups in total. The van der Waals surface area contributed by atoms with Crippen LogP contribution in [-0.2, 0) is 4.79 Å². The highest BCUT2D eigenvalue weighted by atomic mass is 35.5. The second kappa shape index (κ2) is 5.93. The van der Waals surface area contributed by atoms with E-state index < -0.39 is 0 Å². The van der Waals surface area contributed by atoms with Gasteiger partial charge in [0.2, 0.25) is 5.91 Å². The Morgan fingerprint density at radius 2 is 2.11 bits per heavy atom. The normalized spacial score (nSPS) is 18.1. The smallest absolute Gasteiger partial charge is 0.230 e. The van der Waals surface area contributed by atoms with Gasteiger partial charge in [0, 0.05) is 10.7 Å². The van der Waals surface area contributed by atoms with Gasteiger partial charge in [0.05, 0.1) is 5.41 Å². The van der Waals surface area contributed by atoms with Gasteiger partial charge in [-0.1, -0.05) is 24.6 Å². The molecule has 1 saturated heterocycles. The number of rotatable bonds is 3. The van der Waals surface area contributed by atoms with Gasteiger partial charge in [0.1, 0.15) is 0 Å². The van der Waals surface area contributed by atoms with Crippen molar-refractivity contribution >= 4 is 23.2 Å². The highest BCUT2D eigenvalue weighted by Gasteiger charge is 2.37. The molecule has 0 radical (unpaired) electrons. The van der Waals surface area contributed by atoms with Gasteiger partial charge in [-0.15, -0.1) is 0 Å². The number of carbonyl (C=O) groups excluding carboxylic acids is 1. The van der Waals surface area contributed by atoms with Crippen LogP contribution >= 0.6 is 11.6 Å². The van der Waals surface area contributed by atoms with Gasteiger partial charge >= 0.3 is 0 Å². The summed E-state index contributed by atoms with van der Waals surface area (Å²) in [5, 5.41) is 7.06. The summed E-state index contributed by atoms with van der Waals surface area (Å²) in [5.41, 5.74) is 1.52. The highest BCUT2D eigenvalue weighted by Crippen LogP contribution is 2.34. The molecule has 1 aromatic rings. The number of anilines is 1. The predicted molar refractivity (Wildman–Crippen MR) is 79.6 cm³/mol. The number of benzene rings is 1. The quantitative estimate of drug-likeness (QED) is 0.891. The minimum Gasteiger partial charge on any atom is -0.325 e. The van der Waals surface area contributed by atoms with Crippen LogP contribution in [0.25, 0.3) is 0 Å². The summed E-state index contributed by atoms with van der Waals surface area (Å²) in [6.07, 6.45) is 2.67. The Bertz CT molecular complexity index is 467. The van der Waals surface area contributed by atoms with Crippen LogP contribution in [0.2, 0.25) is 5.02 Å². The first-order chi connectivity index (χ1) is 9.09. The third-order valence-corrected chi connectivity index (χ3v) is 4.64. The average Bonchev–Trinajstić information content (AvgIpc) is 2.44. The average molecular weight is 281 g/mol. The Kier molecular flexibility index (Phi) is 4.48. The monoisotopic (exact) mass is 280 g/mol. The van der Waals surface area contributed by atoms with Gasteiger partial charge in [-0.2, -0.15) is 0 Å². The van der Waals surface area contributed by atoms with Crippen LogP contribution in [0.4, 0.5) is 5.69 Å². The molecule has 0 atom stereocenters. The van der Waals surface area contributed by atoms with E-state index in [0.717, 1.165) is 43.6 Å². The Balaban J connectivity index is 2.17. The maximum atomic E-state index is 12.6. The van der Waals surface area contributed by atoms with Gasteiger partial charge in [-0.05, 0) is 57.0 Å². The van der Waals surface area contributed by atoms with Crippen LogP contribution in [0.15, 0.2) is 18.2 Å². The second-order valence-electron chi connectivity index (χ2n) is 5.25. The zero-order valence-corrected chi connectivity index (χ0v) is 12.3. The molecule has 0 unspecified atom stereocenters. The molecule has 104 valence electrons. The van der Waals surface area contributed by atoms with Crippen molar-refractivity contribution in [2.75, 3.05) is 18.4 Å². The molecular weight excluding hydrogens is 260 g/mol. The lowest BCUT2D eigenvalue weighted by Gasteiger charge is -2.35. The first-order valence-electron chi connectivity index (χ1n) is 6.86. The number of nitrogens with one attached hydrogen (secondary N) is 2. The summed E-state index contributed by atoms with van der Waals surface area (Å²) in [5.74, 6) is 0.127. The third kappa shape index (κ3) is 2.93. The molecule has 3 nitrogen and oxygen atoms in total. The first-order valence-corrected chi connectivity index (χ1v) is 7.24. The Morgan fingerprint density at radius 3 is 2.74 bits per heavy atom. The molecule has 0 aromatic heterocycles. The van der Waals surface area contributed by atoms with Crippen molar-refractivity contribution in [3.8, 4) is 0 Å². The summed E-state index contributed by atoms with van der Waals surface area (Å²) in [6, 6.07) is 5.61. The van der Waals surface area contributed by atoms with E-state index in [1.54, 1.807) is 0 Å². The minimum absolute atomic E-state index is 0.127. The van der Waals surface area contributed by atoms with Gasteiger partial charge in [0.15, 0.2) is 0 Å². The molecule has 1 aliphatic rings. The first kappa shape index (κ1) is 14.4. The van der Waals surface area contributed by atoms with E-state index in [9.17, 15) is 4.79 Å². The minimum atomic E-state index is -0.236. The van der Waals surface area contributed by atoms with Crippen LogP contribution in [0, 0.1) is 12.3 Å². The van der Waals surface area contributed by atoms with Gasteiger partial charge in [-0.25, -0.2) is 0 Å². The molecule has 0 spiro atoms. The molecule has 0 aliphatic carbocycles. The van der Waals surface area contributed by atoms with Crippen LogP contribution in [0.1, 0.15) is 31.7 Å². The van der Waals surface area contributed by atoms with Crippen molar-refractivity contribution in [2.24, 2.45) is 5.41 Å². The number of halogens is 1. The third-order valence-electron chi connectivity index (χ3n) is 4.24. The Hall–Kier alpha value is -1.06. The Labute approximate surface area is 119 Å². The van der Waals surface area contributed by atoms with E-state index in [-0.39, 0.29) is 11.3 Å². The summed E-state index contributed by atoms with van der Waals surface area (Å²) in [6.45, 7) is 5.85. The molecule has 1 aliphatic heterocycles. The van der Waals surface area contributed by atoms with Crippen LogP contribution in [0.3, 0.4) is 0 Å². The summed E-state index contributed by atoms with van der Waals surface area (Å²) in [7, 11) is 0. The lowest BCUT2D eigenvalue weighted by atomic mass is 9.76. The molecule has 4 heteroatoms. The van der Waals surface area contributed by atoms with E-state index in [2.05, 4.69) is 17.6 Å². The highest BCUT2D eigenvalue weighted by molar-refractivity contribution is 6.31. The molecule has 2 rings (SSSR count). The molecule has 0 saturated carbocycles. The summed E-state index contributed by atoms with van der Waals surface area (Å²) < 4.78 is 0. The van der Waals surface area contributed by atoms with E-state index in [4.69, 9.17) is 11.6 Å². The lowest BCUT2D eigenvalue weighted by molar-refractivity contribution is -0.127. The predicted octanol–water partition coefficient (Wildman–Crippen LogP) is 3.37. The molecule has 19 heavy (non-hydrogen) atoms. The van der Waals surface area contributed by atoms with E-state index >= 15 is 0 Å². The van der Waals surface area contributed by atoms with Crippen molar-refractivity contribution in [3.63, 3.8) is 0 Å². The maximum Gasteiger partial charge on any atom is 0.230 e. The van der Waals surface area contributed by atoms with Gasteiger partial charge in [-0.3, -0.25) is 4.79 Å². The van der Waals surface area contributed by atoms with Crippen molar-refractivity contribution in [1.29, 1.82) is 0 Å². The van der Waals surface area contributed by atoms with Crippen molar-refractivity contribution < 1.29 is 4.79 Å². The molecule has 1 aromatic carbocycles. The fourth-order valence-electron chi connectivity index (χ4n) is 2.64. The second-order valence-corrected chi connectivity index (χ2v) is 5.66. The van der Waals surface area contributed by atoms with Gasteiger partial charge < -0.3 is 10.6 Å². The SMILES string of the molecule is CCC1(C(=O)Nc2cccc(Cl)c2C)CCNCC1. The lowest BCUT2D eigenvalue weighted by Crippen LogP contribution is -2.44. The Morgan fingerprint density at radius 1 is 1.42 bits per heavy atom. The van der Waals surface area contributed by atoms with Crippen molar-refractivity contribution in [3.05, 3.63) is 28.8 Å². The zero-order valence-electron chi connectivity index (χ0n) is 11.6. The molecule has 1 fully saturated rings. The van der Waals surface area contributed by atoms with Crippen LogP contribution in [-0.4, -0.2) is 19.0 Å². The number of hydrogen-bond acceptors (Lipinski definition) is 2. The van der Waals surface area contributed by atoms with E-state index in [0.29, 0.717) is 5.02 Å². The van der Waals surface area contributed by atoms with Gasteiger partial charge in [0.25, 0.3) is 0 Å². The molecule has 1 heterocycles. The largest absolute Gasteiger partial charge is 0.325 e. The van der Waals surface area contributed by atoms with E-state index in [1.807, 2.05) is 25.1 Å². The van der Waals surface area contributed by atoms with Crippen molar-refractivity contribution in [2.45, 2.75) is 33.1 Å². The summed E-state index contributed by atoms with van der Waals surface area (Å²) in [4.78, 5) is 12.6.